The first-order valence-electron chi connectivity index (χ1n) is 11.2. The van der Waals surface area contributed by atoms with E-state index in [4.69, 9.17) is 4.74 Å². The molecule has 6 nitrogen and oxygen atoms in total. The predicted octanol–water partition coefficient (Wildman–Crippen LogP) is 4.61. The average molecular weight is 471 g/mol. The maximum atomic E-state index is 13.9. The molecule has 3 N–H and O–H groups in total. The van der Waals surface area contributed by atoms with Crippen LogP contribution in [0.5, 0.6) is 5.75 Å². The minimum absolute atomic E-state index is 0.144. The normalized spacial score (nSPS) is 26.0. The maximum absolute atomic E-state index is 13.9. The van der Waals surface area contributed by atoms with Crippen LogP contribution in [-0.4, -0.2) is 52.9 Å². The number of nitrogens with one attached hydrogen (secondary N) is 1. The van der Waals surface area contributed by atoms with Gasteiger partial charge in [-0.05, 0) is 73.0 Å². The molecule has 2 unspecified atom stereocenters. The molecular weight excluding hydrogens is 443 g/mol. The van der Waals surface area contributed by atoms with Crippen molar-refractivity contribution in [2.24, 2.45) is 5.92 Å². The number of hydrogen-bond acceptors (Lipinski definition) is 6. The van der Waals surface area contributed by atoms with Crippen molar-refractivity contribution in [3.63, 3.8) is 0 Å². The van der Waals surface area contributed by atoms with E-state index in [2.05, 4.69) is 9.62 Å². The van der Waals surface area contributed by atoms with Crippen molar-refractivity contribution in [1.82, 2.24) is 4.90 Å². The van der Waals surface area contributed by atoms with Crippen LogP contribution >= 0.6 is 11.9 Å². The molecule has 0 aromatic heterocycles. The molecule has 3 aliphatic rings. The van der Waals surface area contributed by atoms with Gasteiger partial charge in [-0.15, -0.1) is 0 Å². The zero-order valence-corrected chi connectivity index (χ0v) is 19.2. The SMILES string of the molecule is CC1(O)CCN(C/C=C\c2cc(F)ccc2SNc2ccc3c(c2C(=O)O)OC[C@@H]2CC32)C1. The van der Waals surface area contributed by atoms with Crippen molar-refractivity contribution in [3.05, 3.63) is 58.9 Å². The van der Waals surface area contributed by atoms with Gasteiger partial charge in [0.15, 0.2) is 0 Å². The third-order valence-electron chi connectivity index (χ3n) is 6.60. The van der Waals surface area contributed by atoms with Gasteiger partial charge in [-0.25, -0.2) is 9.18 Å². The molecule has 0 spiro atoms. The van der Waals surface area contributed by atoms with Gasteiger partial charge in [0, 0.05) is 30.4 Å². The number of fused-ring (bicyclic) bond motifs is 3. The molecule has 1 aliphatic carbocycles. The third kappa shape index (κ3) is 4.74. The van der Waals surface area contributed by atoms with Crippen LogP contribution in [0, 0.1) is 11.7 Å². The van der Waals surface area contributed by atoms with Crippen LogP contribution in [0.25, 0.3) is 6.08 Å². The highest BCUT2D eigenvalue weighted by atomic mass is 32.2. The van der Waals surface area contributed by atoms with Crippen molar-refractivity contribution in [2.75, 3.05) is 31.0 Å². The van der Waals surface area contributed by atoms with E-state index in [-0.39, 0.29) is 11.4 Å². The number of halogens is 1. The quantitative estimate of drug-likeness (QED) is 0.510. The molecule has 2 aromatic carbocycles. The maximum Gasteiger partial charge on any atom is 0.341 e. The Morgan fingerprint density at radius 3 is 3.00 bits per heavy atom. The Bertz CT molecular complexity index is 1120. The number of likely N-dealkylation sites (tertiary alicyclic amines) is 1. The molecule has 1 saturated carbocycles. The molecule has 2 aromatic rings. The van der Waals surface area contributed by atoms with Crippen LogP contribution < -0.4 is 9.46 Å². The Balaban J connectivity index is 1.32. The van der Waals surface area contributed by atoms with Gasteiger partial charge < -0.3 is 19.7 Å². The van der Waals surface area contributed by atoms with Gasteiger partial charge in [0.25, 0.3) is 0 Å². The van der Waals surface area contributed by atoms with E-state index < -0.39 is 11.6 Å². The Kier molecular flexibility index (Phi) is 5.84. The number of carbonyl (C=O) groups is 1. The van der Waals surface area contributed by atoms with Gasteiger partial charge in [0.2, 0.25) is 0 Å². The summed E-state index contributed by atoms with van der Waals surface area (Å²) in [5, 5.41) is 20.0. The molecule has 5 rings (SSSR count). The predicted molar refractivity (Wildman–Crippen MR) is 126 cm³/mol. The summed E-state index contributed by atoms with van der Waals surface area (Å²) in [4.78, 5) is 15.0. The summed E-state index contributed by atoms with van der Waals surface area (Å²) in [5.41, 5.74) is 1.63. The summed E-state index contributed by atoms with van der Waals surface area (Å²) in [5.74, 6) is 0.00659. The van der Waals surface area contributed by atoms with Crippen molar-refractivity contribution in [2.45, 2.75) is 36.2 Å². The molecule has 0 radical (unpaired) electrons. The van der Waals surface area contributed by atoms with Crippen LogP contribution in [-0.2, 0) is 0 Å². The molecule has 2 aliphatic heterocycles. The minimum Gasteiger partial charge on any atom is -0.492 e. The lowest BCUT2D eigenvalue weighted by molar-refractivity contribution is 0.0688. The van der Waals surface area contributed by atoms with Gasteiger partial charge in [0.05, 0.1) is 17.9 Å². The lowest BCUT2D eigenvalue weighted by Gasteiger charge is -2.21. The minimum atomic E-state index is -1.03. The number of carboxylic acids is 1. The highest BCUT2D eigenvalue weighted by molar-refractivity contribution is 8.00. The molecule has 1 saturated heterocycles. The van der Waals surface area contributed by atoms with E-state index in [1.54, 1.807) is 12.1 Å². The fourth-order valence-electron chi connectivity index (χ4n) is 4.72. The lowest BCUT2D eigenvalue weighted by Crippen LogP contribution is -2.29. The third-order valence-corrected chi connectivity index (χ3v) is 7.51. The number of anilines is 1. The number of ether oxygens (including phenoxy) is 1. The number of hydrogen-bond donors (Lipinski definition) is 3. The highest BCUT2D eigenvalue weighted by Gasteiger charge is 2.45. The number of benzene rings is 2. The van der Waals surface area contributed by atoms with Gasteiger partial charge in [-0.2, -0.15) is 0 Å². The van der Waals surface area contributed by atoms with Crippen LogP contribution in [0.4, 0.5) is 10.1 Å². The van der Waals surface area contributed by atoms with Crippen LogP contribution in [0.2, 0.25) is 0 Å². The van der Waals surface area contributed by atoms with E-state index in [9.17, 15) is 19.4 Å². The summed E-state index contributed by atoms with van der Waals surface area (Å²) in [7, 11) is 0. The average Bonchev–Trinajstić information content (AvgIpc) is 3.48. The first-order chi connectivity index (χ1) is 15.8. The molecule has 2 heterocycles. The number of aromatic carboxylic acids is 1. The summed E-state index contributed by atoms with van der Waals surface area (Å²) >= 11 is 1.24. The highest BCUT2D eigenvalue weighted by Crippen LogP contribution is 2.55. The first kappa shape index (κ1) is 22.3. The fourth-order valence-corrected chi connectivity index (χ4v) is 5.49. The number of aliphatic hydroxyl groups is 1. The monoisotopic (exact) mass is 470 g/mol. The fraction of sp³-hybridized carbons (Fsp3) is 0.400. The number of carboxylic acid groups (broad SMARTS) is 1. The topological polar surface area (TPSA) is 82.0 Å². The molecule has 8 heteroatoms. The standard InChI is InChI=1S/C25H27FN2O4S/c1-25(31)8-10-28(14-25)9-2-3-15-11-17(26)4-7-21(15)33-27-20-6-5-18-19-12-16(19)13-32-23(18)22(20)24(29)30/h2-7,11,16,19,27,31H,8-10,12-14H2,1H3,(H,29,30)/b3-2-/t16-,19?,25?/m0/s1. The van der Waals surface area contributed by atoms with Crippen LogP contribution in [0.15, 0.2) is 41.3 Å². The second-order valence-electron chi connectivity index (χ2n) is 9.40. The van der Waals surface area contributed by atoms with E-state index in [0.717, 1.165) is 29.8 Å². The van der Waals surface area contributed by atoms with Crippen molar-refractivity contribution < 1.29 is 24.1 Å². The van der Waals surface area contributed by atoms with Gasteiger partial charge in [0.1, 0.15) is 17.1 Å². The molecule has 0 bridgehead atoms. The number of β-amino-alcohol motifs (C(OH)–C–C–N with tert-alkyl or cyclic N) is 1. The van der Waals surface area contributed by atoms with Gasteiger partial charge in [-0.1, -0.05) is 18.2 Å². The van der Waals surface area contributed by atoms with Crippen molar-refractivity contribution >= 4 is 29.7 Å². The molecule has 0 amide bonds. The van der Waals surface area contributed by atoms with Gasteiger partial charge >= 0.3 is 5.97 Å². The zero-order chi connectivity index (χ0) is 23.2. The first-order valence-corrected chi connectivity index (χ1v) is 12.0. The molecule has 3 atom stereocenters. The molecule has 2 fully saturated rings. The largest absolute Gasteiger partial charge is 0.492 e. The summed E-state index contributed by atoms with van der Waals surface area (Å²) in [6.07, 6.45) is 5.61. The number of rotatable bonds is 7. The van der Waals surface area contributed by atoms with E-state index in [1.807, 2.05) is 25.1 Å². The Morgan fingerprint density at radius 1 is 1.39 bits per heavy atom. The second-order valence-corrected chi connectivity index (χ2v) is 10.2. The van der Waals surface area contributed by atoms with E-state index >= 15 is 0 Å². The van der Waals surface area contributed by atoms with E-state index in [1.165, 1.54) is 24.1 Å². The Hall–Kier alpha value is -2.55. The molecular formula is C25H27FN2O4S. The summed E-state index contributed by atoms with van der Waals surface area (Å²) in [6.45, 7) is 4.50. The summed E-state index contributed by atoms with van der Waals surface area (Å²) < 4.78 is 22.9. The smallest absolute Gasteiger partial charge is 0.341 e. The lowest BCUT2D eigenvalue weighted by atomic mass is 10.0. The van der Waals surface area contributed by atoms with Crippen molar-refractivity contribution in [1.29, 1.82) is 0 Å². The Morgan fingerprint density at radius 2 is 2.24 bits per heavy atom. The zero-order valence-electron chi connectivity index (χ0n) is 18.4. The number of nitrogens with zero attached hydrogens (tertiary/aromatic N) is 1. The summed E-state index contributed by atoms with van der Waals surface area (Å²) in [6, 6.07) is 8.27. The molecule has 174 valence electrons. The van der Waals surface area contributed by atoms with Crippen molar-refractivity contribution in [3.8, 4) is 5.75 Å². The second kappa shape index (κ2) is 8.66. The van der Waals surface area contributed by atoms with Crippen LogP contribution in [0.3, 0.4) is 0 Å². The van der Waals surface area contributed by atoms with E-state index in [0.29, 0.717) is 48.5 Å². The Labute approximate surface area is 196 Å². The van der Waals surface area contributed by atoms with Crippen LogP contribution in [0.1, 0.15) is 47.2 Å². The molecule has 33 heavy (non-hydrogen) atoms. The van der Waals surface area contributed by atoms with Gasteiger partial charge in [-0.3, -0.25) is 4.90 Å².